The first-order valence-corrected chi connectivity index (χ1v) is 12.6. The van der Waals surface area contributed by atoms with Crippen molar-refractivity contribution in [1.82, 2.24) is 9.78 Å². The van der Waals surface area contributed by atoms with Gasteiger partial charge in [-0.1, -0.05) is 36.0 Å². The molecule has 4 aromatic rings. The maximum absolute atomic E-state index is 12.8. The number of anilines is 1. The lowest BCUT2D eigenvalue weighted by Gasteiger charge is -2.13. The molecule has 5 rings (SSSR count). The van der Waals surface area contributed by atoms with Crippen LogP contribution in [0.5, 0.6) is 0 Å². The van der Waals surface area contributed by atoms with E-state index in [4.69, 9.17) is 5.10 Å². The van der Waals surface area contributed by atoms with Crippen molar-refractivity contribution in [3.8, 4) is 16.3 Å². The number of hydrogen-bond acceptors (Lipinski definition) is 6. The zero-order chi connectivity index (χ0) is 22.5. The molecule has 33 heavy (non-hydrogen) atoms. The Balaban J connectivity index is 1.35. The average Bonchev–Trinajstić information content (AvgIpc) is 3.54. The normalized spacial score (nSPS) is 13.8. The van der Waals surface area contributed by atoms with E-state index in [1.807, 2.05) is 89.1 Å². The van der Waals surface area contributed by atoms with Crippen LogP contribution in [0, 0.1) is 0 Å². The average molecular weight is 471 g/mol. The number of rotatable bonds is 6. The van der Waals surface area contributed by atoms with Crippen LogP contribution < -0.4 is 5.32 Å². The van der Waals surface area contributed by atoms with E-state index >= 15 is 0 Å². The zero-order valence-corrected chi connectivity index (χ0v) is 19.5. The van der Waals surface area contributed by atoms with E-state index in [2.05, 4.69) is 10.3 Å². The van der Waals surface area contributed by atoms with Crippen LogP contribution in [0.2, 0.25) is 0 Å². The molecule has 1 N–H and O–H groups in total. The van der Waals surface area contributed by atoms with Gasteiger partial charge < -0.3 is 5.32 Å². The smallest absolute Gasteiger partial charge is 0.185 e. The third kappa shape index (κ3) is 5.16. The summed E-state index contributed by atoms with van der Waals surface area (Å²) < 4.78 is 1.85. The second-order valence-corrected chi connectivity index (χ2v) is 9.51. The summed E-state index contributed by atoms with van der Waals surface area (Å²) in [4.78, 5) is 18.4. The minimum absolute atomic E-state index is 0.0458. The number of nitrogens with one attached hydrogen (secondary N) is 1. The Kier molecular flexibility index (Phi) is 6.51. The van der Waals surface area contributed by atoms with Crippen LogP contribution >= 0.6 is 23.1 Å². The number of allylic oxidation sites excluding steroid dienone is 1. The molecule has 0 amide bonds. The van der Waals surface area contributed by atoms with Gasteiger partial charge in [0.25, 0.3) is 0 Å². The monoisotopic (exact) mass is 470 g/mol. The molecule has 0 spiro atoms. The van der Waals surface area contributed by atoms with Gasteiger partial charge in [0, 0.05) is 35.3 Å². The molecule has 2 aromatic heterocycles. The Hall–Kier alpha value is -3.42. The summed E-state index contributed by atoms with van der Waals surface area (Å²) in [6.45, 7) is 0.866. The fourth-order valence-electron chi connectivity index (χ4n) is 3.47. The summed E-state index contributed by atoms with van der Waals surface area (Å²) >= 11 is 3.36. The fraction of sp³-hybridized carbons (Fsp3) is 0.115. The Bertz CT molecular complexity index is 1290. The molecule has 0 bridgehead atoms. The molecule has 2 aromatic carbocycles. The van der Waals surface area contributed by atoms with E-state index in [-0.39, 0.29) is 5.78 Å². The fourth-order valence-corrected chi connectivity index (χ4v) is 5.04. The first kappa shape index (κ1) is 21.4. The molecule has 0 saturated carbocycles. The highest BCUT2D eigenvalue weighted by Crippen LogP contribution is 2.29. The number of benzene rings is 2. The molecule has 164 valence electrons. The van der Waals surface area contributed by atoms with Crippen LogP contribution in [-0.4, -0.2) is 33.0 Å². The lowest BCUT2D eigenvalue weighted by molar-refractivity contribution is 0.104. The van der Waals surface area contributed by atoms with Gasteiger partial charge in [-0.25, -0.2) is 4.68 Å². The molecule has 0 radical (unpaired) electrons. The van der Waals surface area contributed by atoms with Crippen molar-refractivity contribution in [2.45, 2.75) is 6.42 Å². The lowest BCUT2D eigenvalue weighted by atomic mass is 10.1. The number of carbonyl (C=O) groups is 1. The third-order valence-corrected chi connectivity index (χ3v) is 7.02. The first-order valence-electron chi connectivity index (χ1n) is 10.7. The number of aromatic nitrogens is 2. The SMILES string of the molecule is O=C(/C=C/c1cn(-c2ccccc2)nc1-c1cccs1)c1ccc(NC2=NCCCS2)cc1. The predicted molar refractivity (Wildman–Crippen MR) is 140 cm³/mol. The number of para-hydroxylation sites is 1. The van der Waals surface area contributed by atoms with E-state index in [9.17, 15) is 4.79 Å². The van der Waals surface area contributed by atoms with Crippen LogP contribution in [0.3, 0.4) is 0 Å². The number of thioether (sulfide) groups is 1. The minimum Gasteiger partial charge on any atom is -0.335 e. The number of nitrogens with zero attached hydrogens (tertiary/aromatic N) is 3. The summed E-state index contributed by atoms with van der Waals surface area (Å²) in [5.41, 5.74) is 4.32. The van der Waals surface area contributed by atoms with Crippen LogP contribution in [0.4, 0.5) is 5.69 Å². The number of amidine groups is 1. The third-order valence-electron chi connectivity index (χ3n) is 5.15. The molecular weight excluding hydrogens is 448 g/mol. The predicted octanol–water partition coefficient (Wildman–Crippen LogP) is 6.40. The molecule has 0 saturated heterocycles. The summed E-state index contributed by atoms with van der Waals surface area (Å²) in [6.07, 6.45) is 6.55. The van der Waals surface area contributed by atoms with Gasteiger partial charge in [0.05, 0.1) is 10.6 Å². The summed E-state index contributed by atoms with van der Waals surface area (Å²) in [6, 6.07) is 21.6. The van der Waals surface area contributed by atoms with Crippen LogP contribution in [0.15, 0.2) is 89.4 Å². The minimum atomic E-state index is -0.0458. The number of carbonyl (C=O) groups excluding carboxylic acids is 1. The van der Waals surface area contributed by atoms with Gasteiger partial charge in [-0.15, -0.1) is 11.3 Å². The Morgan fingerprint density at radius 3 is 2.61 bits per heavy atom. The molecule has 0 fully saturated rings. The van der Waals surface area contributed by atoms with Crippen molar-refractivity contribution in [3.63, 3.8) is 0 Å². The van der Waals surface area contributed by atoms with Gasteiger partial charge in [-0.05, 0) is 66.4 Å². The van der Waals surface area contributed by atoms with Crippen molar-refractivity contribution in [2.75, 3.05) is 17.6 Å². The molecule has 3 heterocycles. The lowest BCUT2D eigenvalue weighted by Crippen LogP contribution is -2.13. The van der Waals surface area contributed by atoms with Crippen LogP contribution in [-0.2, 0) is 0 Å². The van der Waals surface area contributed by atoms with Crippen molar-refractivity contribution in [1.29, 1.82) is 0 Å². The van der Waals surface area contributed by atoms with Gasteiger partial charge in [-0.2, -0.15) is 5.10 Å². The van der Waals surface area contributed by atoms with E-state index in [1.54, 1.807) is 29.2 Å². The number of ketones is 1. The van der Waals surface area contributed by atoms with E-state index < -0.39 is 0 Å². The molecule has 5 nitrogen and oxygen atoms in total. The van der Waals surface area contributed by atoms with E-state index in [1.165, 1.54) is 0 Å². The second kappa shape index (κ2) is 10.0. The molecule has 1 aliphatic heterocycles. The summed E-state index contributed by atoms with van der Waals surface area (Å²) in [7, 11) is 0. The molecular formula is C26H22N4OS2. The van der Waals surface area contributed by atoms with Crippen molar-refractivity contribution < 1.29 is 4.79 Å². The summed E-state index contributed by atoms with van der Waals surface area (Å²) in [5, 5.41) is 11.1. The molecule has 0 aliphatic carbocycles. The summed E-state index contributed by atoms with van der Waals surface area (Å²) in [5.74, 6) is 1.04. The molecule has 7 heteroatoms. The maximum atomic E-state index is 12.8. The topological polar surface area (TPSA) is 59.3 Å². The van der Waals surface area contributed by atoms with Crippen molar-refractivity contribution >= 4 is 45.8 Å². The van der Waals surface area contributed by atoms with E-state index in [0.29, 0.717) is 5.56 Å². The van der Waals surface area contributed by atoms with Crippen LogP contribution in [0.1, 0.15) is 22.3 Å². The van der Waals surface area contributed by atoms with Gasteiger partial charge in [0.2, 0.25) is 0 Å². The van der Waals surface area contributed by atoms with Gasteiger partial charge >= 0.3 is 0 Å². The number of hydrogen-bond donors (Lipinski definition) is 1. The van der Waals surface area contributed by atoms with Gasteiger partial charge in [0.15, 0.2) is 11.0 Å². The highest BCUT2D eigenvalue weighted by Gasteiger charge is 2.12. The Labute approximate surface area is 200 Å². The number of aliphatic imine (C=N–C) groups is 1. The van der Waals surface area contributed by atoms with Gasteiger partial charge in [-0.3, -0.25) is 9.79 Å². The quantitative estimate of drug-likeness (QED) is 0.262. The van der Waals surface area contributed by atoms with Crippen molar-refractivity contribution in [2.24, 2.45) is 4.99 Å². The highest BCUT2D eigenvalue weighted by atomic mass is 32.2. The first-order chi connectivity index (χ1) is 16.3. The zero-order valence-electron chi connectivity index (χ0n) is 17.8. The Morgan fingerprint density at radius 2 is 1.88 bits per heavy atom. The largest absolute Gasteiger partial charge is 0.335 e. The van der Waals surface area contributed by atoms with Crippen molar-refractivity contribution in [3.05, 3.63) is 95.5 Å². The van der Waals surface area contributed by atoms with E-state index in [0.717, 1.165) is 51.4 Å². The number of thiophene rings is 1. The second-order valence-electron chi connectivity index (χ2n) is 7.48. The highest BCUT2D eigenvalue weighted by molar-refractivity contribution is 8.14. The standard InChI is InChI=1S/C26H22N4OS2/c31-23(19-9-12-21(13-10-19)28-26-27-15-5-17-33-26)14-11-20-18-30(22-6-2-1-3-7-22)29-25(20)24-8-4-16-32-24/h1-4,6-14,16,18H,5,15,17H2,(H,27,28)/b14-11+. The molecule has 0 unspecified atom stereocenters. The molecule has 0 atom stereocenters. The van der Waals surface area contributed by atoms with Crippen LogP contribution in [0.25, 0.3) is 22.3 Å². The molecule has 1 aliphatic rings. The Morgan fingerprint density at radius 1 is 1.03 bits per heavy atom. The maximum Gasteiger partial charge on any atom is 0.185 e. The van der Waals surface area contributed by atoms with Gasteiger partial charge in [0.1, 0.15) is 5.69 Å².